The van der Waals surface area contributed by atoms with Crippen molar-refractivity contribution in [3.05, 3.63) is 71.9 Å². The van der Waals surface area contributed by atoms with Gasteiger partial charge >= 0.3 is 0 Å². The molecule has 0 unspecified atom stereocenters. The van der Waals surface area contributed by atoms with Crippen molar-refractivity contribution in [2.75, 3.05) is 6.61 Å². The van der Waals surface area contributed by atoms with Crippen LogP contribution in [0.1, 0.15) is 24.1 Å². The van der Waals surface area contributed by atoms with Crippen molar-refractivity contribution in [1.82, 2.24) is 9.47 Å². The van der Waals surface area contributed by atoms with Crippen LogP contribution in [0.15, 0.2) is 60.7 Å². The van der Waals surface area contributed by atoms with Crippen LogP contribution >= 0.6 is 0 Å². The third-order valence-corrected chi connectivity index (χ3v) is 5.14. The molecular formula is C22H24N2O2. The number of nitrogens with zero attached hydrogens (tertiary/aromatic N) is 2. The third kappa shape index (κ3) is 3.37. The zero-order chi connectivity index (χ0) is 17.9. The fraction of sp³-hybridized carbons (Fsp3) is 0.318. The standard InChI is InChI=1S/C22H24N2O2/c1-23-19(14-18-10-5-6-11-20(18)23)16-24(15-17-8-3-2-4-9-17)22(25)21-12-7-13-26-21/h2-6,8-11,14,21H,7,12-13,15-16H2,1H3/t21-/m0/s1. The fourth-order valence-corrected chi connectivity index (χ4v) is 3.68. The van der Waals surface area contributed by atoms with E-state index in [-0.39, 0.29) is 12.0 Å². The summed E-state index contributed by atoms with van der Waals surface area (Å²) >= 11 is 0. The van der Waals surface area contributed by atoms with E-state index in [1.54, 1.807) is 0 Å². The van der Waals surface area contributed by atoms with Crippen molar-refractivity contribution in [3.8, 4) is 0 Å². The van der Waals surface area contributed by atoms with Crippen LogP contribution in [0.2, 0.25) is 0 Å². The van der Waals surface area contributed by atoms with E-state index < -0.39 is 0 Å². The van der Waals surface area contributed by atoms with Gasteiger partial charge in [-0.2, -0.15) is 0 Å². The highest BCUT2D eigenvalue weighted by atomic mass is 16.5. The highest BCUT2D eigenvalue weighted by molar-refractivity contribution is 5.83. The van der Waals surface area contributed by atoms with Gasteiger partial charge in [0.05, 0.1) is 6.54 Å². The summed E-state index contributed by atoms with van der Waals surface area (Å²) < 4.78 is 7.84. The molecule has 1 amide bonds. The molecule has 0 N–H and O–H groups in total. The molecule has 2 aromatic carbocycles. The number of aromatic nitrogens is 1. The minimum Gasteiger partial charge on any atom is -0.368 e. The number of aryl methyl sites for hydroxylation is 1. The molecule has 0 saturated carbocycles. The normalized spacial score (nSPS) is 16.9. The Morgan fingerprint density at radius 1 is 1.12 bits per heavy atom. The molecule has 1 aliphatic rings. The van der Waals surface area contributed by atoms with Gasteiger partial charge in [-0.05, 0) is 35.9 Å². The molecule has 2 heterocycles. The average Bonchev–Trinajstić information content (AvgIpc) is 3.31. The van der Waals surface area contributed by atoms with Crippen LogP contribution < -0.4 is 0 Å². The average molecular weight is 348 g/mol. The van der Waals surface area contributed by atoms with E-state index in [0.29, 0.717) is 19.7 Å². The van der Waals surface area contributed by atoms with E-state index in [4.69, 9.17) is 4.74 Å². The predicted molar refractivity (Wildman–Crippen MR) is 103 cm³/mol. The second kappa shape index (κ2) is 7.34. The minimum absolute atomic E-state index is 0.0941. The van der Waals surface area contributed by atoms with Crippen LogP contribution in [-0.4, -0.2) is 28.1 Å². The van der Waals surface area contributed by atoms with Gasteiger partial charge in [-0.3, -0.25) is 4.79 Å². The number of ether oxygens (including phenoxy) is 1. The van der Waals surface area contributed by atoms with Gasteiger partial charge in [-0.25, -0.2) is 0 Å². The molecule has 0 radical (unpaired) electrons. The maximum absolute atomic E-state index is 13.1. The lowest BCUT2D eigenvalue weighted by Gasteiger charge is -2.26. The van der Waals surface area contributed by atoms with Gasteiger partial charge < -0.3 is 14.2 Å². The molecule has 0 spiro atoms. The van der Waals surface area contributed by atoms with Crippen LogP contribution in [0.4, 0.5) is 0 Å². The second-order valence-electron chi connectivity index (χ2n) is 6.94. The van der Waals surface area contributed by atoms with Crippen LogP contribution in [0, 0.1) is 0 Å². The summed E-state index contributed by atoms with van der Waals surface area (Å²) in [4.78, 5) is 15.0. The van der Waals surface area contributed by atoms with Gasteiger partial charge in [0.25, 0.3) is 5.91 Å². The summed E-state index contributed by atoms with van der Waals surface area (Å²) in [6.45, 7) is 1.86. The summed E-state index contributed by atoms with van der Waals surface area (Å²) in [5.74, 6) is 0.0941. The van der Waals surface area contributed by atoms with E-state index in [0.717, 1.165) is 24.1 Å². The molecular weight excluding hydrogens is 324 g/mol. The molecule has 4 heteroatoms. The molecule has 1 aromatic heterocycles. The molecule has 1 atom stereocenters. The second-order valence-corrected chi connectivity index (χ2v) is 6.94. The number of fused-ring (bicyclic) bond motifs is 1. The molecule has 0 bridgehead atoms. The molecule has 4 nitrogen and oxygen atoms in total. The Balaban J connectivity index is 1.62. The third-order valence-electron chi connectivity index (χ3n) is 5.14. The number of carbonyl (C=O) groups is 1. The van der Waals surface area contributed by atoms with Gasteiger partial charge in [0, 0.05) is 31.4 Å². The summed E-state index contributed by atoms with van der Waals surface area (Å²) in [7, 11) is 2.06. The largest absolute Gasteiger partial charge is 0.368 e. The van der Waals surface area contributed by atoms with E-state index in [9.17, 15) is 4.79 Å². The summed E-state index contributed by atoms with van der Waals surface area (Å²) in [6, 6.07) is 20.7. The van der Waals surface area contributed by atoms with Crippen LogP contribution in [0.25, 0.3) is 10.9 Å². The van der Waals surface area contributed by atoms with Gasteiger partial charge in [0.1, 0.15) is 6.10 Å². The molecule has 26 heavy (non-hydrogen) atoms. The van der Waals surface area contributed by atoms with Crippen molar-refractivity contribution >= 4 is 16.8 Å². The first-order valence-electron chi connectivity index (χ1n) is 9.20. The topological polar surface area (TPSA) is 34.5 Å². The number of benzene rings is 2. The number of hydrogen-bond acceptors (Lipinski definition) is 2. The van der Waals surface area contributed by atoms with Gasteiger partial charge in [-0.15, -0.1) is 0 Å². The summed E-state index contributed by atoms with van der Waals surface area (Å²) in [5.41, 5.74) is 3.46. The van der Waals surface area contributed by atoms with E-state index >= 15 is 0 Å². The fourth-order valence-electron chi connectivity index (χ4n) is 3.68. The zero-order valence-electron chi connectivity index (χ0n) is 15.1. The lowest BCUT2D eigenvalue weighted by molar-refractivity contribution is -0.142. The SMILES string of the molecule is Cn1c(CN(Cc2ccccc2)C(=O)[C@@H]2CCCO2)cc2ccccc21. The Morgan fingerprint density at radius 2 is 1.88 bits per heavy atom. The Bertz CT molecular complexity index is 895. The zero-order valence-corrected chi connectivity index (χ0v) is 15.1. The lowest BCUT2D eigenvalue weighted by Crippen LogP contribution is -2.38. The number of carbonyl (C=O) groups excluding carboxylic acids is 1. The lowest BCUT2D eigenvalue weighted by atomic mass is 10.1. The molecule has 1 saturated heterocycles. The Kier molecular flexibility index (Phi) is 4.76. The molecule has 0 aliphatic carbocycles. The maximum Gasteiger partial charge on any atom is 0.252 e. The first-order valence-corrected chi connectivity index (χ1v) is 9.20. The van der Waals surface area contributed by atoms with E-state index in [1.165, 1.54) is 10.9 Å². The van der Waals surface area contributed by atoms with Crippen LogP contribution in [0.3, 0.4) is 0 Å². The number of rotatable bonds is 5. The number of amides is 1. The maximum atomic E-state index is 13.1. The first-order chi connectivity index (χ1) is 12.7. The van der Waals surface area contributed by atoms with Crippen molar-refractivity contribution in [2.45, 2.75) is 32.0 Å². The monoisotopic (exact) mass is 348 g/mol. The molecule has 134 valence electrons. The van der Waals surface area contributed by atoms with Crippen molar-refractivity contribution in [1.29, 1.82) is 0 Å². The van der Waals surface area contributed by atoms with Gasteiger partial charge in [0.2, 0.25) is 0 Å². The smallest absolute Gasteiger partial charge is 0.252 e. The molecule has 3 aromatic rings. The predicted octanol–water partition coefficient (Wildman–Crippen LogP) is 3.89. The van der Waals surface area contributed by atoms with Crippen LogP contribution in [-0.2, 0) is 29.7 Å². The number of hydrogen-bond donors (Lipinski definition) is 0. The summed E-state index contributed by atoms with van der Waals surface area (Å²) in [6.07, 6.45) is 1.48. The Morgan fingerprint density at radius 3 is 2.62 bits per heavy atom. The molecule has 1 aliphatic heterocycles. The first kappa shape index (κ1) is 16.9. The Labute approximate surface area is 154 Å². The summed E-state index contributed by atoms with van der Waals surface area (Å²) in [5, 5.41) is 1.20. The molecule has 1 fully saturated rings. The van der Waals surface area contributed by atoms with Gasteiger partial charge in [-0.1, -0.05) is 48.5 Å². The highest BCUT2D eigenvalue weighted by Crippen LogP contribution is 2.22. The van der Waals surface area contributed by atoms with Gasteiger partial charge in [0.15, 0.2) is 0 Å². The Hall–Kier alpha value is -2.59. The molecule has 4 rings (SSSR count). The van der Waals surface area contributed by atoms with E-state index in [2.05, 4.69) is 41.9 Å². The van der Waals surface area contributed by atoms with E-state index in [1.807, 2.05) is 35.2 Å². The minimum atomic E-state index is -0.298. The highest BCUT2D eigenvalue weighted by Gasteiger charge is 2.29. The van der Waals surface area contributed by atoms with Crippen molar-refractivity contribution in [2.24, 2.45) is 7.05 Å². The van der Waals surface area contributed by atoms with Crippen molar-refractivity contribution < 1.29 is 9.53 Å². The number of para-hydroxylation sites is 1. The van der Waals surface area contributed by atoms with Crippen LogP contribution in [0.5, 0.6) is 0 Å². The quantitative estimate of drug-likeness (QED) is 0.701. The van der Waals surface area contributed by atoms with Crippen molar-refractivity contribution in [3.63, 3.8) is 0 Å².